The van der Waals surface area contributed by atoms with Gasteiger partial charge in [-0.2, -0.15) is 0 Å². The van der Waals surface area contributed by atoms with E-state index in [-0.39, 0.29) is 17.2 Å². The molecule has 4 rings (SSSR count). The van der Waals surface area contributed by atoms with Crippen LogP contribution in [0.4, 0.5) is 0 Å². The number of carbonyl (C=O) groups excluding carboxylic acids is 2. The molecule has 0 bridgehead atoms. The minimum Gasteiger partial charge on any atom is -0.488 e. The fourth-order valence-corrected chi connectivity index (χ4v) is 4.82. The van der Waals surface area contributed by atoms with Crippen LogP contribution in [-0.2, 0) is 25.7 Å². The van der Waals surface area contributed by atoms with Crippen LogP contribution < -0.4 is 10.5 Å². The van der Waals surface area contributed by atoms with Crippen molar-refractivity contribution in [2.45, 2.75) is 31.8 Å². The Morgan fingerprint density at radius 1 is 1.22 bits per heavy atom. The largest absolute Gasteiger partial charge is 0.488 e. The molecular weight excluding hydrogens is 589 g/mol. The third-order valence-electron chi connectivity index (χ3n) is 5.49. The number of Topliss-reactive ketones (excluding diaryl/α,β-unsaturated/α-hetero) is 1. The number of nitrogens with two attached hydrogens (primary N) is 1. The van der Waals surface area contributed by atoms with Gasteiger partial charge in [0.15, 0.2) is 5.78 Å². The number of benzene rings is 2. The van der Waals surface area contributed by atoms with Crippen molar-refractivity contribution in [1.29, 1.82) is 0 Å². The molecule has 166 valence electrons. The van der Waals surface area contributed by atoms with Crippen LogP contribution in [0.1, 0.15) is 36.3 Å². The topological polar surface area (TPSA) is 87.9 Å². The quantitative estimate of drug-likeness (QED) is 0.375. The number of hydrogen-bond donors (Lipinski definition) is 1. The standard InChI is InChI=1S/C24H21BrINO5/c1-30-24(29)22-20(21-17(28)3-2-4-19(21)32-23(22)27)14-7-10-18(16(25)11-14)31-12-13-5-8-15(26)9-6-13/h5-11,20H,2-4,12,27H2,1H3/t20-/m0/s1. The first-order valence-electron chi connectivity index (χ1n) is 10.1. The lowest BCUT2D eigenvalue weighted by atomic mass is 9.77. The SMILES string of the molecule is COC(=O)C1=C(N)OC2=C(C(=O)CCC2)[C@@H]1c1ccc(OCc2ccc(I)cc2)c(Br)c1. The zero-order valence-electron chi connectivity index (χ0n) is 17.3. The summed E-state index contributed by atoms with van der Waals surface area (Å²) in [5, 5.41) is 0. The monoisotopic (exact) mass is 609 g/mol. The molecule has 1 aliphatic carbocycles. The maximum Gasteiger partial charge on any atom is 0.340 e. The Labute approximate surface area is 208 Å². The van der Waals surface area contributed by atoms with Crippen molar-refractivity contribution < 1.29 is 23.8 Å². The smallest absolute Gasteiger partial charge is 0.340 e. The zero-order chi connectivity index (χ0) is 22.8. The van der Waals surface area contributed by atoms with Crippen molar-refractivity contribution in [2.75, 3.05) is 7.11 Å². The van der Waals surface area contributed by atoms with E-state index in [0.29, 0.717) is 47.4 Å². The van der Waals surface area contributed by atoms with Crippen molar-refractivity contribution in [3.63, 3.8) is 0 Å². The van der Waals surface area contributed by atoms with Crippen LogP contribution in [0.15, 0.2) is 69.7 Å². The van der Waals surface area contributed by atoms with Crippen LogP contribution in [0.5, 0.6) is 5.75 Å². The van der Waals surface area contributed by atoms with E-state index in [0.717, 1.165) is 14.7 Å². The fourth-order valence-electron chi connectivity index (χ4n) is 3.95. The predicted octanol–water partition coefficient (Wildman–Crippen LogP) is 5.10. The zero-order valence-corrected chi connectivity index (χ0v) is 21.1. The van der Waals surface area contributed by atoms with E-state index < -0.39 is 11.9 Å². The molecule has 2 aromatic rings. The maximum atomic E-state index is 12.8. The van der Waals surface area contributed by atoms with Gasteiger partial charge in [-0.05, 0) is 80.3 Å². The Kier molecular flexibility index (Phi) is 6.90. The van der Waals surface area contributed by atoms with E-state index in [1.54, 1.807) is 0 Å². The summed E-state index contributed by atoms with van der Waals surface area (Å²) in [6.07, 6.45) is 1.71. The van der Waals surface area contributed by atoms with Crippen LogP contribution in [0, 0.1) is 3.57 Å². The Morgan fingerprint density at radius 2 is 1.97 bits per heavy atom. The summed E-state index contributed by atoms with van der Waals surface area (Å²) in [6.45, 7) is 0.417. The highest BCUT2D eigenvalue weighted by Gasteiger charge is 2.41. The number of ether oxygens (including phenoxy) is 3. The highest BCUT2D eigenvalue weighted by molar-refractivity contribution is 14.1. The lowest BCUT2D eigenvalue weighted by Gasteiger charge is -2.32. The van der Waals surface area contributed by atoms with Gasteiger partial charge < -0.3 is 19.9 Å². The van der Waals surface area contributed by atoms with Crippen molar-refractivity contribution in [2.24, 2.45) is 5.73 Å². The van der Waals surface area contributed by atoms with Gasteiger partial charge in [-0.1, -0.05) is 18.2 Å². The summed E-state index contributed by atoms with van der Waals surface area (Å²) in [6, 6.07) is 13.6. The maximum absolute atomic E-state index is 12.8. The van der Waals surface area contributed by atoms with Gasteiger partial charge in [0.1, 0.15) is 23.7 Å². The first kappa shape index (κ1) is 22.8. The number of ketones is 1. The van der Waals surface area contributed by atoms with Gasteiger partial charge >= 0.3 is 5.97 Å². The highest BCUT2D eigenvalue weighted by Crippen LogP contribution is 2.45. The lowest BCUT2D eigenvalue weighted by Crippen LogP contribution is -2.31. The number of allylic oxidation sites excluding steroid dienone is 2. The molecule has 0 aromatic heterocycles. The number of methoxy groups -OCH3 is 1. The van der Waals surface area contributed by atoms with E-state index in [1.807, 2.05) is 42.5 Å². The molecule has 8 heteroatoms. The van der Waals surface area contributed by atoms with Crippen molar-refractivity contribution in [3.05, 3.63) is 84.4 Å². The summed E-state index contributed by atoms with van der Waals surface area (Å²) >= 11 is 5.83. The molecule has 2 aliphatic rings. The van der Waals surface area contributed by atoms with Crippen LogP contribution in [-0.4, -0.2) is 18.9 Å². The second kappa shape index (κ2) is 9.66. The number of rotatable bonds is 5. The summed E-state index contributed by atoms with van der Waals surface area (Å²) < 4.78 is 18.5. The summed E-state index contributed by atoms with van der Waals surface area (Å²) in [7, 11) is 1.28. The van der Waals surface area contributed by atoms with E-state index in [4.69, 9.17) is 19.9 Å². The third kappa shape index (κ3) is 4.56. The van der Waals surface area contributed by atoms with Gasteiger partial charge in [-0.3, -0.25) is 4.79 Å². The number of esters is 1. The van der Waals surface area contributed by atoms with E-state index in [1.165, 1.54) is 7.11 Å². The second-order valence-electron chi connectivity index (χ2n) is 7.52. The van der Waals surface area contributed by atoms with Gasteiger partial charge in [0.25, 0.3) is 0 Å². The number of halogens is 2. The molecule has 2 N–H and O–H groups in total. The van der Waals surface area contributed by atoms with Crippen LogP contribution in [0.25, 0.3) is 0 Å². The molecule has 0 spiro atoms. The highest BCUT2D eigenvalue weighted by atomic mass is 127. The normalized spacial score (nSPS) is 18.2. The van der Waals surface area contributed by atoms with Gasteiger partial charge in [-0.25, -0.2) is 4.79 Å². The van der Waals surface area contributed by atoms with E-state index >= 15 is 0 Å². The average molecular weight is 610 g/mol. The van der Waals surface area contributed by atoms with Crippen LogP contribution in [0.2, 0.25) is 0 Å². The molecule has 0 saturated heterocycles. The molecule has 0 radical (unpaired) electrons. The molecule has 2 aromatic carbocycles. The molecular formula is C24H21BrINO5. The molecule has 1 heterocycles. The van der Waals surface area contributed by atoms with Gasteiger partial charge in [-0.15, -0.1) is 0 Å². The van der Waals surface area contributed by atoms with Crippen molar-refractivity contribution in [1.82, 2.24) is 0 Å². The van der Waals surface area contributed by atoms with E-state index in [9.17, 15) is 9.59 Å². The molecule has 32 heavy (non-hydrogen) atoms. The molecule has 0 saturated carbocycles. The van der Waals surface area contributed by atoms with Gasteiger partial charge in [0, 0.05) is 22.0 Å². The summed E-state index contributed by atoms with van der Waals surface area (Å²) in [4.78, 5) is 25.4. The Hall–Kier alpha value is -2.33. The second-order valence-corrected chi connectivity index (χ2v) is 9.62. The van der Waals surface area contributed by atoms with Gasteiger partial charge in [0.2, 0.25) is 5.88 Å². The third-order valence-corrected chi connectivity index (χ3v) is 6.83. The molecule has 0 fully saturated rings. The molecule has 1 atom stereocenters. The molecule has 0 unspecified atom stereocenters. The first-order valence-corrected chi connectivity index (χ1v) is 11.9. The predicted molar refractivity (Wildman–Crippen MR) is 131 cm³/mol. The fraction of sp³-hybridized carbons (Fsp3) is 0.250. The average Bonchev–Trinajstić information content (AvgIpc) is 2.78. The van der Waals surface area contributed by atoms with Gasteiger partial charge in [0.05, 0.1) is 17.5 Å². The number of hydrogen-bond acceptors (Lipinski definition) is 6. The van der Waals surface area contributed by atoms with Crippen molar-refractivity contribution >= 4 is 50.3 Å². The minimum atomic E-state index is -0.652. The Balaban J connectivity index is 1.67. The first-order chi connectivity index (χ1) is 15.4. The Bertz CT molecular complexity index is 1140. The van der Waals surface area contributed by atoms with Crippen LogP contribution in [0.3, 0.4) is 0 Å². The molecule has 1 aliphatic heterocycles. The van der Waals surface area contributed by atoms with Crippen molar-refractivity contribution in [3.8, 4) is 5.75 Å². The minimum absolute atomic E-state index is 0.0227. The Morgan fingerprint density at radius 3 is 2.66 bits per heavy atom. The molecule has 6 nitrogen and oxygen atoms in total. The van der Waals surface area contributed by atoms with Crippen LogP contribution >= 0.6 is 38.5 Å². The lowest BCUT2D eigenvalue weighted by molar-refractivity contribution is -0.136. The molecule has 0 amide bonds. The summed E-state index contributed by atoms with van der Waals surface area (Å²) in [5.74, 6) is -0.148. The summed E-state index contributed by atoms with van der Waals surface area (Å²) in [5.41, 5.74) is 8.50. The van der Waals surface area contributed by atoms with E-state index in [2.05, 4.69) is 38.5 Å². The number of carbonyl (C=O) groups is 2.